The van der Waals surface area contributed by atoms with E-state index in [2.05, 4.69) is 38.7 Å². The van der Waals surface area contributed by atoms with Crippen LogP contribution in [0.3, 0.4) is 0 Å². The molecule has 0 saturated carbocycles. The Bertz CT molecular complexity index is 1010. The molecule has 7 nitrogen and oxygen atoms in total. The number of ether oxygens (including phenoxy) is 1. The van der Waals surface area contributed by atoms with Crippen molar-refractivity contribution >= 4 is 29.9 Å². The molecule has 0 amide bonds. The first kappa shape index (κ1) is 25.6. The summed E-state index contributed by atoms with van der Waals surface area (Å²) >= 11 is 0. The zero-order chi connectivity index (χ0) is 22.1. The molecule has 2 aromatic heterocycles. The second-order valence-corrected chi connectivity index (χ2v) is 7.18. The van der Waals surface area contributed by atoms with Gasteiger partial charge in [-0.05, 0) is 69.2 Å². The Hall–Kier alpha value is -2.69. The minimum Gasteiger partial charge on any atom is -0.439 e. The van der Waals surface area contributed by atoms with Crippen LogP contribution in [-0.2, 0) is 13.1 Å². The van der Waals surface area contributed by atoms with Crippen LogP contribution in [0.25, 0.3) is 0 Å². The first-order valence-electron chi connectivity index (χ1n) is 10.4. The third-order valence-electron chi connectivity index (χ3n) is 4.54. The Kier molecular flexibility index (Phi) is 10.4. The molecule has 0 fully saturated rings. The van der Waals surface area contributed by atoms with Gasteiger partial charge in [0.1, 0.15) is 11.6 Å². The zero-order valence-electron chi connectivity index (χ0n) is 18.6. The highest BCUT2D eigenvalue weighted by Crippen LogP contribution is 2.20. The molecule has 32 heavy (non-hydrogen) atoms. The number of hydrogen-bond donors (Lipinski definition) is 2. The van der Waals surface area contributed by atoms with Gasteiger partial charge in [-0.1, -0.05) is 0 Å². The average Bonchev–Trinajstić information content (AvgIpc) is 3.08. The van der Waals surface area contributed by atoms with Crippen LogP contribution < -0.4 is 15.4 Å². The Labute approximate surface area is 205 Å². The summed E-state index contributed by atoms with van der Waals surface area (Å²) in [6.07, 6.45) is 2.62. The summed E-state index contributed by atoms with van der Waals surface area (Å²) in [5.41, 5.74) is 3.18. The molecule has 0 spiro atoms. The molecule has 0 radical (unpaired) electrons. The highest BCUT2D eigenvalue weighted by atomic mass is 127. The van der Waals surface area contributed by atoms with Crippen LogP contribution >= 0.6 is 24.0 Å². The van der Waals surface area contributed by atoms with Crippen LogP contribution in [0.4, 0.5) is 4.39 Å². The monoisotopic (exact) mass is 552 g/mol. The van der Waals surface area contributed by atoms with Gasteiger partial charge in [-0.15, -0.1) is 24.0 Å². The van der Waals surface area contributed by atoms with Crippen LogP contribution in [0.5, 0.6) is 11.6 Å². The third kappa shape index (κ3) is 8.10. The van der Waals surface area contributed by atoms with Gasteiger partial charge in [0.15, 0.2) is 5.96 Å². The topological polar surface area (TPSA) is 76.4 Å². The molecule has 3 aromatic rings. The molecular formula is C23H30FIN6O. The molecule has 0 bridgehead atoms. The van der Waals surface area contributed by atoms with Gasteiger partial charge in [-0.3, -0.25) is 4.68 Å². The van der Waals surface area contributed by atoms with Crippen LogP contribution in [0.15, 0.2) is 53.7 Å². The van der Waals surface area contributed by atoms with Gasteiger partial charge < -0.3 is 15.4 Å². The standard InChI is InChI=1S/C23H29FN6O.HI/c1-4-25-23(27-11-5-13-30-18(3)14-17(2)29-30)28-16-19-10-12-26-22(15-19)31-21-8-6-20(24)7-9-21;/h6-10,12,14-15H,4-5,11,13,16H2,1-3H3,(H2,25,27,28);1H. The quantitative estimate of drug-likeness (QED) is 0.176. The number of benzene rings is 1. The summed E-state index contributed by atoms with van der Waals surface area (Å²) in [5.74, 6) is 1.43. The van der Waals surface area contributed by atoms with Crippen molar-refractivity contribution in [2.75, 3.05) is 13.1 Å². The Morgan fingerprint density at radius 1 is 1.12 bits per heavy atom. The minimum atomic E-state index is -0.304. The van der Waals surface area contributed by atoms with E-state index in [0.29, 0.717) is 18.2 Å². The fraction of sp³-hybridized carbons (Fsp3) is 0.348. The number of aryl methyl sites for hydroxylation is 3. The van der Waals surface area contributed by atoms with Crippen molar-refractivity contribution in [3.8, 4) is 11.6 Å². The molecular weight excluding hydrogens is 522 g/mol. The van der Waals surface area contributed by atoms with Crippen molar-refractivity contribution < 1.29 is 9.13 Å². The SMILES string of the molecule is CCNC(=NCc1ccnc(Oc2ccc(F)cc2)c1)NCCCn1nc(C)cc1C.I. The Morgan fingerprint density at radius 2 is 1.91 bits per heavy atom. The van der Waals surface area contributed by atoms with Gasteiger partial charge in [0, 0.05) is 37.6 Å². The van der Waals surface area contributed by atoms with Gasteiger partial charge in [-0.25, -0.2) is 14.4 Å². The number of hydrogen-bond acceptors (Lipinski definition) is 4. The third-order valence-corrected chi connectivity index (χ3v) is 4.54. The van der Waals surface area contributed by atoms with E-state index in [4.69, 9.17) is 4.74 Å². The van der Waals surface area contributed by atoms with Gasteiger partial charge >= 0.3 is 0 Å². The van der Waals surface area contributed by atoms with E-state index < -0.39 is 0 Å². The van der Waals surface area contributed by atoms with Crippen LogP contribution in [0.1, 0.15) is 30.3 Å². The summed E-state index contributed by atoms with van der Waals surface area (Å²) in [6, 6.07) is 11.7. The van der Waals surface area contributed by atoms with E-state index in [1.54, 1.807) is 18.3 Å². The normalized spacial score (nSPS) is 11.1. The molecule has 0 aliphatic rings. The molecule has 3 rings (SSSR count). The van der Waals surface area contributed by atoms with E-state index in [0.717, 1.165) is 43.3 Å². The molecule has 0 saturated heterocycles. The molecule has 2 heterocycles. The van der Waals surface area contributed by atoms with Crippen molar-refractivity contribution in [2.24, 2.45) is 4.99 Å². The lowest BCUT2D eigenvalue weighted by Gasteiger charge is -2.12. The first-order chi connectivity index (χ1) is 15.0. The molecule has 2 N–H and O–H groups in total. The van der Waals surface area contributed by atoms with Gasteiger partial charge in [0.2, 0.25) is 5.88 Å². The Morgan fingerprint density at radius 3 is 2.59 bits per heavy atom. The highest BCUT2D eigenvalue weighted by molar-refractivity contribution is 14.0. The van der Waals surface area contributed by atoms with Crippen molar-refractivity contribution in [3.05, 3.63) is 71.4 Å². The second-order valence-electron chi connectivity index (χ2n) is 7.18. The van der Waals surface area contributed by atoms with E-state index in [-0.39, 0.29) is 29.8 Å². The summed E-state index contributed by atoms with van der Waals surface area (Å²) in [5, 5.41) is 11.1. The van der Waals surface area contributed by atoms with E-state index in [9.17, 15) is 4.39 Å². The van der Waals surface area contributed by atoms with E-state index >= 15 is 0 Å². The number of aliphatic imine (C=N–C) groups is 1. The van der Waals surface area contributed by atoms with Gasteiger partial charge in [0.25, 0.3) is 0 Å². The van der Waals surface area contributed by atoms with Crippen LogP contribution in [0, 0.1) is 19.7 Å². The molecule has 0 aliphatic carbocycles. The lowest BCUT2D eigenvalue weighted by Crippen LogP contribution is -2.38. The lowest BCUT2D eigenvalue weighted by molar-refractivity contribution is 0.460. The zero-order valence-corrected chi connectivity index (χ0v) is 21.0. The van der Waals surface area contributed by atoms with Crippen molar-refractivity contribution in [1.29, 1.82) is 0 Å². The molecule has 0 aliphatic heterocycles. The minimum absolute atomic E-state index is 0. The van der Waals surface area contributed by atoms with Crippen molar-refractivity contribution in [1.82, 2.24) is 25.4 Å². The number of rotatable bonds is 9. The summed E-state index contributed by atoms with van der Waals surface area (Å²) in [4.78, 5) is 8.86. The fourth-order valence-corrected chi connectivity index (χ4v) is 3.08. The number of guanidine groups is 1. The second kappa shape index (κ2) is 13.0. The van der Waals surface area contributed by atoms with Gasteiger partial charge in [0.05, 0.1) is 12.2 Å². The largest absolute Gasteiger partial charge is 0.439 e. The maximum Gasteiger partial charge on any atom is 0.219 e. The molecule has 0 atom stereocenters. The van der Waals surface area contributed by atoms with E-state index in [1.807, 2.05) is 30.7 Å². The van der Waals surface area contributed by atoms with Crippen molar-refractivity contribution in [2.45, 2.75) is 40.3 Å². The van der Waals surface area contributed by atoms with E-state index in [1.165, 1.54) is 17.8 Å². The Balaban J connectivity index is 0.00000363. The smallest absolute Gasteiger partial charge is 0.219 e. The van der Waals surface area contributed by atoms with Crippen LogP contribution in [-0.4, -0.2) is 33.8 Å². The maximum absolute atomic E-state index is 13.0. The van der Waals surface area contributed by atoms with Crippen LogP contribution in [0.2, 0.25) is 0 Å². The summed E-state index contributed by atoms with van der Waals surface area (Å²) in [7, 11) is 0. The predicted octanol–water partition coefficient (Wildman–Crippen LogP) is 4.59. The predicted molar refractivity (Wildman–Crippen MR) is 135 cm³/mol. The lowest BCUT2D eigenvalue weighted by atomic mass is 10.2. The molecule has 172 valence electrons. The van der Waals surface area contributed by atoms with Gasteiger partial charge in [-0.2, -0.15) is 5.10 Å². The number of nitrogens with zero attached hydrogens (tertiary/aromatic N) is 4. The maximum atomic E-state index is 13.0. The highest BCUT2D eigenvalue weighted by Gasteiger charge is 2.04. The fourth-order valence-electron chi connectivity index (χ4n) is 3.08. The average molecular weight is 552 g/mol. The number of aromatic nitrogens is 3. The summed E-state index contributed by atoms with van der Waals surface area (Å²) < 4.78 is 20.8. The number of nitrogens with one attached hydrogen (secondary N) is 2. The number of pyridine rings is 1. The molecule has 9 heteroatoms. The summed E-state index contributed by atoms with van der Waals surface area (Å²) in [6.45, 7) is 9.02. The first-order valence-corrected chi connectivity index (χ1v) is 10.4. The molecule has 1 aromatic carbocycles. The molecule has 0 unspecified atom stereocenters. The van der Waals surface area contributed by atoms with Crippen molar-refractivity contribution in [3.63, 3.8) is 0 Å². The number of halogens is 2.